The van der Waals surface area contributed by atoms with E-state index in [1.807, 2.05) is 20.2 Å². The molecule has 1 N–H and O–H groups in total. The first-order chi connectivity index (χ1) is 8.38. The molecule has 2 atom stereocenters. The van der Waals surface area contributed by atoms with Gasteiger partial charge in [0.1, 0.15) is 0 Å². The second-order valence-corrected chi connectivity index (χ2v) is 5.03. The van der Waals surface area contributed by atoms with Gasteiger partial charge in [0.05, 0.1) is 0 Å². The Morgan fingerprint density at radius 1 is 1.28 bits per heavy atom. The second-order valence-electron chi connectivity index (χ2n) is 5.03. The van der Waals surface area contributed by atoms with Crippen LogP contribution in [-0.4, -0.2) is 12.8 Å². The van der Waals surface area contributed by atoms with E-state index in [2.05, 4.69) is 56.7 Å². The number of allylic oxidation sites excluding steroid dienone is 4. The van der Waals surface area contributed by atoms with E-state index < -0.39 is 0 Å². The van der Waals surface area contributed by atoms with E-state index in [0.29, 0.717) is 11.8 Å². The van der Waals surface area contributed by atoms with Gasteiger partial charge in [0.25, 0.3) is 0 Å². The van der Waals surface area contributed by atoms with Crippen molar-refractivity contribution in [3.63, 3.8) is 0 Å². The molecule has 18 heavy (non-hydrogen) atoms. The van der Waals surface area contributed by atoms with Crippen LogP contribution in [0.15, 0.2) is 41.2 Å². The van der Waals surface area contributed by atoms with Gasteiger partial charge in [0, 0.05) is 24.4 Å². The molecule has 0 aliphatic heterocycles. The van der Waals surface area contributed by atoms with Gasteiger partial charge in [-0.1, -0.05) is 38.2 Å². The lowest BCUT2D eigenvalue weighted by Gasteiger charge is -2.12. The van der Waals surface area contributed by atoms with Crippen LogP contribution in [-0.2, 0) is 0 Å². The van der Waals surface area contributed by atoms with Crippen LogP contribution in [0, 0.1) is 11.8 Å². The minimum atomic E-state index is 0.444. The number of hydrogen-bond acceptors (Lipinski definition) is 2. The Kier molecular flexibility index (Phi) is 8.10. The minimum absolute atomic E-state index is 0.444. The Bertz CT molecular complexity index is 348. The monoisotopic (exact) mass is 248 g/mol. The minimum Gasteiger partial charge on any atom is -0.366 e. The maximum Gasteiger partial charge on any atom is 0.0276 e. The first-order valence-electron chi connectivity index (χ1n) is 6.57. The van der Waals surface area contributed by atoms with Gasteiger partial charge < -0.3 is 5.32 Å². The zero-order chi connectivity index (χ0) is 14.1. The lowest BCUT2D eigenvalue weighted by molar-refractivity contribution is 0.727. The molecule has 0 aromatic rings. The van der Waals surface area contributed by atoms with Crippen LogP contribution in [0.3, 0.4) is 0 Å². The topological polar surface area (TPSA) is 24.4 Å². The van der Waals surface area contributed by atoms with Gasteiger partial charge in [-0.25, -0.2) is 0 Å². The number of rotatable bonds is 7. The molecular weight excluding hydrogens is 220 g/mol. The number of nitrogens with zero attached hydrogens (tertiary/aromatic N) is 1. The molecule has 0 fully saturated rings. The van der Waals surface area contributed by atoms with Gasteiger partial charge in [-0.2, -0.15) is 0 Å². The molecule has 0 amide bonds. The van der Waals surface area contributed by atoms with Crippen LogP contribution in [0.4, 0.5) is 0 Å². The van der Waals surface area contributed by atoms with E-state index in [4.69, 9.17) is 0 Å². The van der Waals surface area contributed by atoms with Crippen LogP contribution < -0.4 is 5.32 Å². The summed E-state index contributed by atoms with van der Waals surface area (Å²) in [5, 5.41) is 3.10. The summed E-state index contributed by atoms with van der Waals surface area (Å²) >= 11 is 0. The van der Waals surface area contributed by atoms with Crippen LogP contribution in [0.5, 0.6) is 0 Å². The Morgan fingerprint density at radius 2 is 1.89 bits per heavy atom. The molecule has 0 saturated heterocycles. The maximum atomic E-state index is 4.25. The largest absolute Gasteiger partial charge is 0.366 e. The van der Waals surface area contributed by atoms with Crippen molar-refractivity contribution in [2.45, 2.75) is 41.0 Å². The third-order valence-corrected chi connectivity index (χ3v) is 3.23. The number of nitrogens with one attached hydrogen (secondary N) is 1. The molecule has 0 bridgehead atoms. The van der Waals surface area contributed by atoms with Crippen molar-refractivity contribution in [1.82, 2.24) is 5.32 Å². The number of hydrogen-bond donors (Lipinski definition) is 1. The van der Waals surface area contributed by atoms with Crippen molar-refractivity contribution in [2.75, 3.05) is 7.05 Å². The van der Waals surface area contributed by atoms with E-state index in [1.165, 1.54) is 11.3 Å². The molecule has 0 heterocycles. The van der Waals surface area contributed by atoms with Gasteiger partial charge in [-0.05, 0) is 39.3 Å². The zero-order valence-corrected chi connectivity index (χ0v) is 12.7. The molecule has 0 spiro atoms. The molecule has 0 radical (unpaired) electrons. The van der Waals surface area contributed by atoms with Crippen molar-refractivity contribution < 1.29 is 0 Å². The van der Waals surface area contributed by atoms with Crippen molar-refractivity contribution in [2.24, 2.45) is 16.8 Å². The zero-order valence-electron chi connectivity index (χ0n) is 12.7. The molecular formula is C16H28N2. The molecule has 0 saturated carbocycles. The fourth-order valence-electron chi connectivity index (χ4n) is 1.50. The van der Waals surface area contributed by atoms with Crippen molar-refractivity contribution in [3.8, 4) is 0 Å². The third-order valence-electron chi connectivity index (χ3n) is 3.23. The number of aliphatic imine (C=N–C) groups is 1. The van der Waals surface area contributed by atoms with Crippen LogP contribution in [0.2, 0.25) is 0 Å². The fraction of sp³-hybridized carbons (Fsp3) is 0.562. The summed E-state index contributed by atoms with van der Waals surface area (Å²) in [4.78, 5) is 4.25. The summed E-state index contributed by atoms with van der Waals surface area (Å²) in [5.41, 5.74) is 3.55. The van der Waals surface area contributed by atoms with E-state index in [0.717, 1.165) is 12.1 Å². The summed E-state index contributed by atoms with van der Waals surface area (Å²) in [5.74, 6) is 0.970. The lowest BCUT2D eigenvalue weighted by Crippen LogP contribution is -2.08. The molecule has 102 valence electrons. The lowest BCUT2D eigenvalue weighted by atomic mass is 9.95. The predicted octanol–water partition coefficient (Wildman–Crippen LogP) is 4.32. The Labute approximate surface area is 113 Å². The highest BCUT2D eigenvalue weighted by Crippen LogP contribution is 2.15. The highest BCUT2D eigenvalue weighted by molar-refractivity contribution is 5.86. The quantitative estimate of drug-likeness (QED) is 0.526. The molecule has 0 aromatic heterocycles. The van der Waals surface area contributed by atoms with Crippen LogP contribution in [0.25, 0.3) is 0 Å². The van der Waals surface area contributed by atoms with Crippen LogP contribution >= 0.6 is 0 Å². The van der Waals surface area contributed by atoms with E-state index in [1.54, 1.807) is 0 Å². The van der Waals surface area contributed by atoms with Gasteiger partial charge in [-0.3, -0.25) is 4.99 Å². The van der Waals surface area contributed by atoms with Crippen LogP contribution in [0.1, 0.15) is 41.0 Å². The van der Waals surface area contributed by atoms with Gasteiger partial charge >= 0.3 is 0 Å². The van der Waals surface area contributed by atoms with E-state index in [-0.39, 0.29) is 0 Å². The molecule has 2 heteroatoms. The molecule has 0 rings (SSSR count). The Hall–Kier alpha value is -1.31. The van der Waals surface area contributed by atoms with Crippen molar-refractivity contribution in [3.05, 3.63) is 36.2 Å². The normalized spacial score (nSPS) is 16.8. The highest BCUT2D eigenvalue weighted by atomic mass is 14.8. The fourth-order valence-corrected chi connectivity index (χ4v) is 1.50. The summed E-state index contributed by atoms with van der Waals surface area (Å²) in [7, 11) is 1.85. The third kappa shape index (κ3) is 7.10. The second kappa shape index (κ2) is 8.73. The summed E-state index contributed by atoms with van der Waals surface area (Å²) in [6.07, 6.45) is 7.51. The summed E-state index contributed by atoms with van der Waals surface area (Å²) in [6, 6.07) is 0. The average molecular weight is 248 g/mol. The van der Waals surface area contributed by atoms with Gasteiger partial charge in [-0.15, -0.1) is 0 Å². The standard InChI is InChI=1S/C16H28N2/c1-12(2)18-11-10-13(3)8-9-14(4)15(5)16(6)17-7/h9-11,13,15,18H,1,8H2,2-7H3/b11-10+,14-9-,17-16+. The van der Waals surface area contributed by atoms with Crippen molar-refractivity contribution >= 4 is 5.71 Å². The first kappa shape index (κ1) is 16.7. The van der Waals surface area contributed by atoms with E-state index in [9.17, 15) is 0 Å². The highest BCUT2D eigenvalue weighted by Gasteiger charge is 2.07. The van der Waals surface area contributed by atoms with Gasteiger partial charge in [0.2, 0.25) is 0 Å². The first-order valence-corrected chi connectivity index (χ1v) is 6.57. The summed E-state index contributed by atoms with van der Waals surface area (Å²) in [6.45, 7) is 14.4. The molecule has 2 nitrogen and oxygen atoms in total. The molecule has 2 unspecified atom stereocenters. The van der Waals surface area contributed by atoms with Crippen molar-refractivity contribution in [1.29, 1.82) is 0 Å². The maximum absolute atomic E-state index is 4.25. The van der Waals surface area contributed by atoms with Gasteiger partial charge in [0.15, 0.2) is 0 Å². The molecule has 0 aliphatic carbocycles. The molecule has 0 aromatic carbocycles. The summed E-state index contributed by atoms with van der Waals surface area (Å²) < 4.78 is 0. The van der Waals surface area contributed by atoms with E-state index >= 15 is 0 Å². The smallest absolute Gasteiger partial charge is 0.0276 e. The predicted molar refractivity (Wildman–Crippen MR) is 82.8 cm³/mol. The SMILES string of the molecule is C=C(C)N/C=C/C(C)C/C=C(/C)C(C)/C(C)=N/C. The average Bonchev–Trinajstić information content (AvgIpc) is 2.33. The Balaban J connectivity index is 4.28. The molecule has 0 aliphatic rings. The Morgan fingerprint density at radius 3 is 2.39 bits per heavy atom.